The molecule has 0 atom stereocenters. The Balaban J connectivity index is 1.84. The minimum atomic E-state index is -0.727. The summed E-state index contributed by atoms with van der Waals surface area (Å²) in [4.78, 5) is 61.1. The lowest BCUT2D eigenvalue weighted by atomic mass is 10.2. The number of nitrogens with two attached hydrogens (primary N) is 2. The molecule has 4 amide bonds. The average Bonchev–Trinajstić information content (AvgIpc) is 2.87. The highest BCUT2D eigenvalue weighted by molar-refractivity contribution is 5.88. The Morgan fingerprint density at radius 2 is 1.05 bits per heavy atom. The Morgan fingerprint density at radius 1 is 0.690 bits per heavy atom. The van der Waals surface area contributed by atoms with Gasteiger partial charge in [0.25, 0.3) is 0 Å². The standard InChI is InChI=1S/C28H42N8O6/c1-27(2,3)41-25(39)35(21-9-7-19(29)17-33-21)15-13-31-23(37)11-12-24(38)32-14-16-36(26(40)42-28(4,5)6)22-10-8-20(30)18-34-22/h7-10,17-18H,11-16,29-30H2,1-6H3,(H,31,37)(H,32,38). The first-order valence-electron chi connectivity index (χ1n) is 13.5. The molecule has 0 radical (unpaired) electrons. The normalized spacial score (nSPS) is 11.3. The largest absolute Gasteiger partial charge is 0.443 e. The predicted molar refractivity (Wildman–Crippen MR) is 160 cm³/mol. The molecule has 0 aliphatic heterocycles. The lowest BCUT2D eigenvalue weighted by Crippen LogP contribution is -2.42. The molecular formula is C28H42N8O6. The highest BCUT2D eigenvalue weighted by atomic mass is 16.6. The lowest BCUT2D eigenvalue weighted by molar-refractivity contribution is -0.126. The van der Waals surface area contributed by atoms with Crippen LogP contribution in [-0.4, -0.2) is 71.3 Å². The van der Waals surface area contributed by atoms with E-state index in [4.69, 9.17) is 20.9 Å². The molecule has 6 N–H and O–H groups in total. The quantitative estimate of drug-likeness (QED) is 0.304. The van der Waals surface area contributed by atoms with Gasteiger partial charge in [0.1, 0.15) is 22.8 Å². The molecule has 0 aliphatic rings. The Hall–Kier alpha value is -4.62. The number of amides is 4. The van der Waals surface area contributed by atoms with E-state index < -0.39 is 23.4 Å². The lowest BCUT2D eigenvalue weighted by Gasteiger charge is -2.27. The molecule has 2 aromatic rings. The number of nitrogens with zero attached hydrogens (tertiary/aromatic N) is 4. The molecule has 0 saturated carbocycles. The van der Waals surface area contributed by atoms with Crippen molar-refractivity contribution in [2.75, 3.05) is 47.4 Å². The maximum Gasteiger partial charge on any atom is 0.416 e. The third-order valence-electron chi connectivity index (χ3n) is 5.22. The van der Waals surface area contributed by atoms with E-state index in [2.05, 4.69) is 20.6 Å². The van der Waals surface area contributed by atoms with Gasteiger partial charge in [-0.05, 0) is 65.8 Å². The summed E-state index contributed by atoms with van der Waals surface area (Å²) in [6, 6.07) is 6.38. The fourth-order valence-corrected chi connectivity index (χ4v) is 3.37. The molecule has 230 valence electrons. The van der Waals surface area contributed by atoms with Crippen molar-refractivity contribution in [3.8, 4) is 0 Å². The molecule has 14 heteroatoms. The van der Waals surface area contributed by atoms with Crippen molar-refractivity contribution in [1.82, 2.24) is 20.6 Å². The third kappa shape index (κ3) is 12.3. The van der Waals surface area contributed by atoms with Crippen LogP contribution in [0.5, 0.6) is 0 Å². The van der Waals surface area contributed by atoms with Crippen molar-refractivity contribution in [1.29, 1.82) is 0 Å². The van der Waals surface area contributed by atoms with Gasteiger partial charge in [-0.3, -0.25) is 19.4 Å². The molecule has 0 fully saturated rings. The van der Waals surface area contributed by atoms with Gasteiger partial charge < -0.3 is 31.6 Å². The number of hydrogen-bond donors (Lipinski definition) is 4. The minimum Gasteiger partial charge on any atom is -0.443 e. The summed E-state index contributed by atoms with van der Waals surface area (Å²) < 4.78 is 10.9. The SMILES string of the molecule is CC(C)(C)OC(=O)N(CCNC(=O)CCC(=O)NCCN(C(=O)OC(C)(C)C)c1ccc(N)cn1)c1ccc(N)cn1. The average molecular weight is 587 g/mol. The zero-order valence-corrected chi connectivity index (χ0v) is 25.1. The second-order valence-electron chi connectivity index (χ2n) is 11.4. The first-order valence-corrected chi connectivity index (χ1v) is 13.5. The van der Waals surface area contributed by atoms with Gasteiger partial charge in [-0.1, -0.05) is 0 Å². The summed E-state index contributed by atoms with van der Waals surface area (Å²) >= 11 is 0. The van der Waals surface area contributed by atoms with Crippen LogP contribution in [0.2, 0.25) is 0 Å². The van der Waals surface area contributed by atoms with Crippen LogP contribution in [0, 0.1) is 0 Å². The number of aromatic nitrogens is 2. The van der Waals surface area contributed by atoms with Gasteiger partial charge in [0, 0.05) is 39.0 Å². The Kier molecular flexibility index (Phi) is 11.9. The van der Waals surface area contributed by atoms with Crippen molar-refractivity contribution in [3.63, 3.8) is 0 Å². The number of pyridine rings is 2. The van der Waals surface area contributed by atoms with E-state index in [9.17, 15) is 19.2 Å². The van der Waals surface area contributed by atoms with E-state index in [0.717, 1.165) is 0 Å². The van der Waals surface area contributed by atoms with Crippen LogP contribution in [0.25, 0.3) is 0 Å². The van der Waals surface area contributed by atoms with E-state index >= 15 is 0 Å². The first-order chi connectivity index (χ1) is 19.5. The molecular weight excluding hydrogens is 544 g/mol. The fraction of sp³-hybridized carbons (Fsp3) is 0.500. The molecule has 0 aliphatic carbocycles. The second-order valence-corrected chi connectivity index (χ2v) is 11.4. The Morgan fingerprint density at radius 3 is 1.33 bits per heavy atom. The van der Waals surface area contributed by atoms with Crippen LogP contribution in [0.4, 0.5) is 32.6 Å². The molecule has 0 spiro atoms. The number of ether oxygens (including phenoxy) is 2. The molecule has 0 saturated heterocycles. The van der Waals surface area contributed by atoms with Crippen molar-refractivity contribution >= 4 is 47.0 Å². The number of nitrogen functional groups attached to an aromatic ring is 2. The molecule has 0 aromatic carbocycles. The maximum absolute atomic E-state index is 12.7. The van der Waals surface area contributed by atoms with Gasteiger partial charge in [-0.2, -0.15) is 0 Å². The summed E-state index contributed by atoms with van der Waals surface area (Å²) in [6.45, 7) is 10.9. The van der Waals surface area contributed by atoms with Crippen LogP contribution in [-0.2, 0) is 19.1 Å². The number of hydrogen-bond acceptors (Lipinski definition) is 10. The van der Waals surface area contributed by atoms with Crippen LogP contribution >= 0.6 is 0 Å². The minimum absolute atomic E-state index is 0.0757. The second kappa shape index (κ2) is 14.8. The molecule has 2 rings (SSSR count). The van der Waals surface area contributed by atoms with Gasteiger partial charge in [0.15, 0.2) is 0 Å². The van der Waals surface area contributed by atoms with E-state index in [1.807, 2.05) is 0 Å². The van der Waals surface area contributed by atoms with Crippen LogP contribution < -0.4 is 31.9 Å². The first kappa shape index (κ1) is 33.6. The van der Waals surface area contributed by atoms with Gasteiger partial charge in [-0.15, -0.1) is 0 Å². The van der Waals surface area contributed by atoms with Gasteiger partial charge >= 0.3 is 12.2 Å². The molecule has 42 heavy (non-hydrogen) atoms. The molecule has 0 unspecified atom stereocenters. The van der Waals surface area contributed by atoms with Crippen LogP contribution in [0.3, 0.4) is 0 Å². The topological polar surface area (TPSA) is 195 Å². The van der Waals surface area contributed by atoms with E-state index in [-0.39, 0.29) is 50.8 Å². The Labute approximate surface area is 246 Å². The zero-order valence-electron chi connectivity index (χ0n) is 25.1. The predicted octanol–water partition coefficient (Wildman–Crippen LogP) is 2.84. The van der Waals surface area contributed by atoms with Crippen LogP contribution in [0.1, 0.15) is 54.4 Å². The third-order valence-corrected chi connectivity index (χ3v) is 5.22. The highest BCUT2D eigenvalue weighted by Crippen LogP contribution is 2.18. The van der Waals surface area contributed by atoms with Crippen molar-refractivity contribution in [2.24, 2.45) is 0 Å². The summed E-state index contributed by atoms with van der Waals surface area (Å²) in [5, 5.41) is 5.39. The van der Waals surface area contributed by atoms with Gasteiger partial charge in [0.2, 0.25) is 11.8 Å². The number of nitrogens with one attached hydrogen (secondary N) is 2. The van der Waals surface area contributed by atoms with E-state index in [1.54, 1.807) is 65.8 Å². The van der Waals surface area contributed by atoms with Crippen molar-refractivity contribution in [2.45, 2.75) is 65.6 Å². The molecule has 0 bridgehead atoms. The maximum atomic E-state index is 12.7. The molecule has 2 heterocycles. The number of rotatable bonds is 11. The number of carbonyl (C=O) groups is 4. The summed E-state index contributed by atoms with van der Waals surface area (Å²) in [5.41, 5.74) is 10.8. The fourth-order valence-electron chi connectivity index (χ4n) is 3.37. The van der Waals surface area contributed by atoms with Crippen LogP contribution in [0.15, 0.2) is 36.7 Å². The summed E-state index contributed by atoms with van der Waals surface area (Å²) in [7, 11) is 0. The highest BCUT2D eigenvalue weighted by Gasteiger charge is 2.25. The van der Waals surface area contributed by atoms with Gasteiger partial charge in [-0.25, -0.2) is 19.6 Å². The Bertz CT molecular complexity index is 1110. The summed E-state index contributed by atoms with van der Waals surface area (Å²) in [5.74, 6) is -0.106. The van der Waals surface area contributed by atoms with E-state index in [1.165, 1.54) is 22.2 Å². The smallest absolute Gasteiger partial charge is 0.416 e. The number of anilines is 4. The molecule has 2 aromatic heterocycles. The zero-order chi connectivity index (χ0) is 31.5. The van der Waals surface area contributed by atoms with Crippen molar-refractivity contribution < 1.29 is 28.7 Å². The molecule has 14 nitrogen and oxygen atoms in total. The van der Waals surface area contributed by atoms with E-state index in [0.29, 0.717) is 23.0 Å². The summed E-state index contributed by atoms with van der Waals surface area (Å²) in [6.07, 6.45) is 1.44. The monoisotopic (exact) mass is 586 g/mol. The number of carbonyl (C=O) groups excluding carboxylic acids is 4. The van der Waals surface area contributed by atoms with Crippen molar-refractivity contribution in [3.05, 3.63) is 36.7 Å². The van der Waals surface area contributed by atoms with Gasteiger partial charge in [0.05, 0.1) is 23.8 Å².